The Morgan fingerprint density at radius 3 is 2.35 bits per heavy atom. The lowest BCUT2D eigenvalue weighted by Crippen LogP contribution is -2.43. The molecule has 0 aromatic carbocycles. The molecule has 1 amide bonds. The Balaban J connectivity index is 2.41. The zero-order valence-corrected chi connectivity index (χ0v) is 12.2. The number of nitrogens with zero attached hydrogens (tertiary/aromatic N) is 1. The monoisotopic (exact) mass is 305 g/mol. The van der Waals surface area contributed by atoms with Crippen LogP contribution in [0.3, 0.4) is 0 Å². The summed E-state index contributed by atoms with van der Waals surface area (Å²) in [6.45, 7) is 6.90. The number of amides is 1. The summed E-state index contributed by atoms with van der Waals surface area (Å²) in [6.07, 6.45) is 2.35. The van der Waals surface area contributed by atoms with Crippen molar-refractivity contribution >= 4 is 28.3 Å². The van der Waals surface area contributed by atoms with Gasteiger partial charge >= 0.3 is 6.09 Å². The first-order chi connectivity index (χ1) is 7.83. The fourth-order valence-corrected chi connectivity index (χ4v) is 2.37. The molecule has 4 nitrogen and oxygen atoms in total. The normalized spacial score (nSPS) is 19.9. The minimum absolute atomic E-state index is 0.0942. The smallest absolute Gasteiger partial charge is 0.410 e. The molecule has 0 N–H and O–H groups in total. The molecule has 1 saturated heterocycles. The van der Waals surface area contributed by atoms with Crippen molar-refractivity contribution in [2.45, 2.75) is 44.0 Å². The van der Waals surface area contributed by atoms with E-state index in [1.165, 1.54) is 0 Å². The standard InChI is InChI=1S/C12H20BrNO3/c1-12(2,3)17-11(16)14-6-4-9(5-7-14)10(13)8-15/h8-10H,4-7H2,1-3H3. The maximum Gasteiger partial charge on any atom is 0.410 e. The predicted molar refractivity (Wildman–Crippen MR) is 69.3 cm³/mol. The number of likely N-dealkylation sites (tertiary alicyclic amines) is 1. The number of hydrogen-bond donors (Lipinski definition) is 0. The van der Waals surface area contributed by atoms with Crippen molar-refractivity contribution in [1.29, 1.82) is 0 Å². The van der Waals surface area contributed by atoms with Crippen LogP contribution in [-0.2, 0) is 9.53 Å². The molecule has 0 radical (unpaired) electrons. The van der Waals surface area contributed by atoms with Crippen LogP contribution in [0, 0.1) is 5.92 Å². The number of aldehydes is 1. The summed E-state index contributed by atoms with van der Waals surface area (Å²) >= 11 is 3.34. The largest absolute Gasteiger partial charge is 0.444 e. The summed E-state index contributed by atoms with van der Waals surface area (Å²) in [6, 6.07) is 0. The average molecular weight is 306 g/mol. The maximum atomic E-state index is 11.8. The number of ether oxygens (including phenoxy) is 1. The van der Waals surface area contributed by atoms with Crippen molar-refractivity contribution in [3.05, 3.63) is 0 Å². The molecule has 0 aromatic rings. The Labute approximate surface area is 111 Å². The van der Waals surface area contributed by atoms with Crippen molar-refractivity contribution in [2.75, 3.05) is 13.1 Å². The van der Waals surface area contributed by atoms with E-state index in [1.807, 2.05) is 20.8 Å². The van der Waals surface area contributed by atoms with Gasteiger partial charge in [0.2, 0.25) is 0 Å². The molecule has 0 aromatic heterocycles. The quantitative estimate of drug-likeness (QED) is 0.582. The number of rotatable bonds is 2. The molecule has 1 fully saturated rings. The molecule has 0 saturated carbocycles. The summed E-state index contributed by atoms with van der Waals surface area (Å²) in [5, 5.41) is 0. The third-order valence-electron chi connectivity index (χ3n) is 2.77. The van der Waals surface area contributed by atoms with E-state index in [9.17, 15) is 9.59 Å². The van der Waals surface area contributed by atoms with E-state index in [-0.39, 0.29) is 10.9 Å². The Morgan fingerprint density at radius 2 is 1.94 bits per heavy atom. The van der Waals surface area contributed by atoms with E-state index in [1.54, 1.807) is 4.90 Å². The highest BCUT2D eigenvalue weighted by Crippen LogP contribution is 2.25. The van der Waals surface area contributed by atoms with Crippen LogP contribution >= 0.6 is 15.9 Å². The molecule has 0 bridgehead atoms. The number of halogens is 1. The highest BCUT2D eigenvalue weighted by molar-refractivity contribution is 9.10. The molecular weight excluding hydrogens is 286 g/mol. The molecule has 1 aliphatic rings. The van der Waals surface area contributed by atoms with Gasteiger partial charge in [-0.25, -0.2) is 4.79 Å². The SMILES string of the molecule is CC(C)(C)OC(=O)N1CCC(C(Br)C=O)CC1. The predicted octanol–water partition coefficient (Wildman–Crippen LogP) is 2.60. The van der Waals surface area contributed by atoms with E-state index >= 15 is 0 Å². The number of hydrogen-bond acceptors (Lipinski definition) is 3. The number of carbonyl (C=O) groups excluding carboxylic acids is 2. The molecule has 5 heteroatoms. The summed E-state index contributed by atoms with van der Waals surface area (Å²) < 4.78 is 5.30. The molecule has 1 heterocycles. The zero-order chi connectivity index (χ0) is 13.1. The summed E-state index contributed by atoms with van der Waals surface area (Å²) in [4.78, 5) is 24.1. The fraction of sp³-hybridized carbons (Fsp3) is 0.833. The van der Waals surface area contributed by atoms with Gasteiger partial charge in [-0.1, -0.05) is 15.9 Å². The van der Waals surface area contributed by atoms with E-state index in [4.69, 9.17) is 4.74 Å². The van der Waals surface area contributed by atoms with Crippen LogP contribution in [-0.4, -0.2) is 40.8 Å². The molecule has 1 unspecified atom stereocenters. The first kappa shape index (κ1) is 14.5. The van der Waals surface area contributed by atoms with Gasteiger partial charge in [-0.05, 0) is 39.5 Å². The van der Waals surface area contributed by atoms with Gasteiger partial charge in [0, 0.05) is 13.1 Å². The highest BCUT2D eigenvalue weighted by atomic mass is 79.9. The van der Waals surface area contributed by atoms with Crippen LogP contribution in [0.4, 0.5) is 4.79 Å². The lowest BCUT2D eigenvalue weighted by molar-refractivity contribution is -0.108. The first-order valence-electron chi connectivity index (χ1n) is 5.91. The number of alkyl halides is 1. The average Bonchev–Trinajstić information content (AvgIpc) is 2.26. The molecule has 0 spiro atoms. The van der Waals surface area contributed by atoms with Crippen LogP contribution in [0.25, 0.3) is 0 Å². The van der Waals surface area contributed by atoms with E-state index in [0.29, 0.717) is 19.0 Å². The maximum absolute atomic E-state index is 11.8. The van der Waals surface area contributed by atoms with Crippen LogP contribution < -0.4 is 0 Å². The Morgan fingerprint density at radius 1 is 1.41 bits per heavy atom. The zero-order valence-electron chi connectivity index (χ0n) is 10.6. The fourth-order valence-electron chi connectivity index (χ4n) is 1.84. The molecule has 98 valence electrons. The minimum atomic E-state index is -0.450. The van der Waals surface area contributed by atoms with Gasteiger partial charge in [0.1, 0.15) is 11.9 Å². The van der Waals surface area contributed by atoms with E-state index in [2.05, 4.69) is 15.9 Å². The van der Waals surface area contributed by atoms with Gasteiger partial charge in [-0.3, -0.25) is 0 Å². The third-order valence-corrected chi connectivity index (χ3v) is 3.74. The topological polar surface area (TPSA) is 46.6 Å². The van der Waals surface area contributed by atoms with Gasteiger partial charge in [0.05, 0.1) is 4.83 Å². The number of piperidine rings is 1. The van der Waals surface area contributed by atoms with Crippen molar-refractivity contribution in [2.24, 2.45) is 5.92 Å². The Hall–Kier alpha value is -0.580. The molecular formula is C12H20BrNO3. The van der Waals surface area contributed by atoms with Crippen molar-refractivity contribution in [3.8, 4) is 0 Å². The van der Waals surface area contributed by atoms with Crippen LogP contribution in [0.2, 0.25) is 0 Å². The Bertz CT molecular complexity index is 280. The molecule has 1 rings (SSSR count). The van der Waals surface area contributed by atoms with Crippen LogP contribution in [0.5, 0.6) is 0 Å². The van der Waals surface area contributed by atoms with Crippen molar-refractivity contribution in [3.63, 3.8) is 0 Å². The van der Waals surface area contributed by atoms with Gasteiger partial charge in [-0.2, -0.15) is 0 Å². The molecule has 1 atom stereocenters. The van der Waals surface area contributed by atoms with Gasteiger partial charge < -0.3 is 14.4 Å². The lowest BCUT2D eigenvalue weighted by atomic mass is 9.94. The van der Waals surface area contributed by atoms with Gasteiger partial charge in [-0.15, -0.1) is 0 Å². The van der Waals surface area contributed by atoms with E-state index in [0.717, 1.165) is 19.1 Å². The van der Waals surface area contributed by atoms with Crippen molar-refractivity contribution in [1.82, 2.24) is 4.90 Å². The third kappa shape index (κ3) is 4.66. The molecule has 0 aliphatic carbocycles. The van der Waals surface area contributed by atoms with Gasteiger partial charge in [0.25, 0.3) is 0 Å². The molecule has 1 aliphatic heterocycles. The second kappa shape index (κ2) is 5.85. The second-order valence-corrected chi connectivity index (χ2v) is 6.44. The molecule has 17 heavy (non-hydrogen) atoms. The first-order valence-corrected chi connectivity index (χ1v) is 6.82. The summed E-state index contributed by atoms with van der Waals surface area (Å²) in [5.41, 5.74) is -0.450. The van der Waals surface area contributed by atoms with E-state index < -0.39 is 5.60 Å². The highest BCUT2D eigenvalue weighted by Gasteiger charge is 2.29. The summed E-state index contributed by atoms with van der Waals surface area (Å²) in [7, 11) is 0. The van der Waals surface area contributed by atoms with Crippen LogP contribution in [0.1, 0.15) is 33.6 Å². The summed E-state index contributed by atoms with van der Waals surface area (Å²) in [5.74, 6) is 0.325. The van der Waals surface area contributed by atoms with Gasteiger partial charge in [0.15, 0.2) is 0 Å². The minimum Gasteiger partial charge on any atom is -0.444 e. The lowest BCUT2D eigenvalue weighted by Gasteiger charge is -2.34. The van der Waals surface area contributed by atoms with Crippen molar-refractivity contribution < 1.29 is 14.3 Å². The van der Waals surface area contributed by atoms with Crippen LogP contribution in [0.15, 0.2) is 0 Å². The second-order valence-electron chi connectivity index (χ2n) is 5.39. The number of carbonyl (C=O) groups is 2. The Kier molecular flexibility index (Phi) is 4.98.